The van der Waals surface area contributed by atoms with Gasteiger partial charge in [0.05, 0.1) is 30.5 Å². The zero-order chi connectivity index (χ0) is 26.7. The molecule has 11 nitrogen and oxygen atoms in total. The number of carbonyl (C=O) groups is 2. The number of nitrogens with zero attached hydrogens (tertiary/aromatic N) is 7. The van der Waals surface area contributed by atoms with Crippen molar-refractivity contribution in [2.45, 2.75) is 19.3 Å². The molecular formula is C24H31F2N9O2. The quantitative estimate of drug-likeness (QED) is 0.466. The van der Waals surface area contributed by atoms with Crippen molar-refractivity contribution < 1.29 is 18.4 Å². The number of carbonyl (C=O) groups excluding carboxylic acids is 2. The molecule has 3 aromatic rings. The lowest BCUT2D eigenvalue weighted by Crippen LogP contribution is -2.42. The van der Waals surface area contributed by atoms with Gasteiger partial charge in [-0.05, 0) is 39.9 Å². The lowest BCUT2D eigenvalue weighted by atomic mass is 9.94. The van der Waals surface area contributed by atoms with Crippen LogP contribution in [0.4, 0.5) is 26.0 Å². The van der Waals surface area contributed by atoms with Crippen LogP contribution in [-0.4, -0.2) is 88.5 Å². The maximum absolute atomic E-state index is 15.0. The van der Waals surface area contributed by atoms with Crippen molar-refractivity contribution in [3.63, 3.8) is 0 Å². The summed E-state index contributed by atoms with van der Waals surface area (Å²) >= 11 is 0. The monoisotopic (exact) mass is 515 g/mol. The SMILES string of the molecule is CN(C)CCCN(C)C(=O)C1CCN(c2c(F)cncc2NC(=O)c2c(N)nn3cc(F)cnc23)CC1. The normalized spacial score (nSPS) is 14.4. The molecule has 1 aliphatic heterocycles. The van der Waals surface area contributed by atoms with Crippen LogP contribution in [0.5, 0.6) is 0 Å². The fraction of sp³-hybridized carbons (Fsp3) is 0.458. The number of hydrogen-bond acceptors (Lipinski definition) is 8. The Morgan fingerprint density at radius 2 is 1.86 bits per heavy atom. The van der Waals surface area contributed by atoms with E-state index in [2.05, 4.69) is 25.3 Å². The highest BCUT2D eigenvalue weighted by Crippen LogP contribution is 2.33. The largest absolute Gasteiger partial charge is 0.381 e. The highest BCUT2D eigenvalue weighted by molar-refractivity contribution is 6.12. The minimum atomic E-state index is -0.676. The Kier molecular flexibility index (Phi) is 7.81. The molecular weight excluding hydrogens is 484 g/mol. The van der Waals surface area contributed by atoms with Gasteiger partial charge in [-0.2, -0.15) is 0 Å². The van der Waals surface area contributed by atoms with Crippen molar-refractivity contribution in [3.05, 3.63) is 42.0 Å². The van der Waals surface area contributed by atoms with Crippen molar-refractivity contribution >= 4 is 34.7 Å². The number of nitrogen functional groups attached to an aromatic ring is 1. The molecule has 0 radical (unpaired) electrons. The van der Waals surface area contributed by atoms with Gasteiger partial charge in [-0.15, -0.1) is 5.10 Å². The molecule has 13 heteroatoms. The molecule has 0 aromatic carbocycles. The van der Waals surface area contributed by atoms with E-state index in [4.69, 9.17) is 5.73 Å². The van der Waals surface area contributed by atoms with Crippen LogP contribution < -0.4 is 16.0 Å². The number of anilines is 3. The number of piperidine rings is 1. The summed E-state index contributed by atoms with van der Waals surface area (Å²) in [5.74, 6) is -2.11. The Labute approximate surface area is 213 Å². The third kappa shape index (κ3) is 5.77. The van der Waals surface area contributed by atoms with Gasteiger partial charge < -0.3 is 25.8 Å². The van der Waals surface area contributed by atoms with Crippen LogP contribution in [-0.2, 0) is 4.79 Å². The summed E-state index contributed by atoms with van der Waals surface area (Å²) in [6.07, 6.45) is 6.44. The molecule has 0 spiro atoms. The number of nitrogens with one attached hydrogen (secondary N) is 1. The minimum absolute atomic E-state index is 0.0585. The zero-order valence-corrected chi connectivity index (χ0v) is 21.1. The van der Waals surface area contributed by atoms with Crippen LogP contribution in [0.2, 0.25) is 0 Å². The van der Waals surface area contributed by atoms with E-state index in [1.807, 2.05) is 21.1 Å². The molecule has 4 heterocycles. The summed E-state index contributed by atoms with van der Waals surface area (Å²) in [6.45, 7) is 2.46. The third-order valence-electron chi connectivity index (χ3n) is 6.45. The van der Waals surface area contributed by atoms with Crippen molar-refractivity contribution in [3.8, 4) is 0 Å². The average Bonchev–Trinajstić information content (AvgIpc) is 3.18. The first-order valence-corrected chi connectivity index (χ1v) is 12.0. The maximum atomic E-state index is 15.0. The van der Waals surface area contributed by atoms with E-state index < -0.39 is 17.5 Å². The number of rotatable bonds is 8. The Bertz CT molecular complexity index is 1290. The molecule has 1 saturated heterocycles. The summed E-state index contributed by atoms with van der Waals surface area (Å²) in [6, 6.07) is 0. The first-order chi connectivity index (χ1) is 17.7. The summed E-state index contributed by atoms with van der Waals surface area (Å²) < 4.78 is 29.5. The molecule has 0 saturated carbocycles. The van der Waals surface area contributed by atoms with E-state index in [-0.39, 0.29) is 40.2 Å². The highest BCUT2D eigenvalue weighted by atomic mass is 19.1. The van der Waals surface area contributed by atoms with Gasteiger partial charge in [0.25, 0.3) is 5.91 Å². The fourth-order valence-electron chi connectivity index (χ4n) is 4.57. The number of nitrogens with two attached hydrogens (primary N) is 1. The molecule has 0 unspecified atom stereocenters. The molecule has 198 valence electrons. The molecule has 3 N–H and O–H groups in total. The van der Waals surface area contributed by atoms with Gasteiger partial charge in [0.1, 0.15) is 11.3 Å². The first-order valence-electron chi connectivity index (χ1n) is 12.0. The number of aromatic nitrogens is 4. The second-order valence-electron chi connectivity index (χ2n) is 9.45. The van der Waals surface area contributed by atoms with Crippen LogP contribution in [0.1, 0.15) is 29.6 Å². The van der Waals surface area contributed by atoms with Crippen LogP contribution in [0.25, 0.3) is 5.65 Å². The van der Waals surface area contributed by atoms with E-state index in [1.165, 1.54) is 6.20 Å². The first kappa shape index (κ1) is 26.2. The molecule has 0 atom stereocenters. The van der Waals surface area contributed by atoms with Gasteiger partial charge in [-0.3, -0.25) is 14.6 Å². The van der Waals surface area contributed by atoms with Crippen molar-refractivity contribution in [2.24, 2.45) is 5.92 Å². The molecule has 1 aliphatic rings. The van der Waals surface area contributed by atoms with E-state index in [9.17, 15) is 18.4 Å². The van der Waals surface area contributed by atoms with Crippen LogP contribution in [0.3, 0.4) is 0 Å². The predicted molar refractivity (Wildman–Crippen MR) is 135 cm³/mol. The van der Waals surface area contributed by atoms with E-state index in [1.54, 1.807) is 9.80 Å². The van der Waals surface area contributed by atoms with Crippen molar-refractivity contribution in [1.29, 1.82) is 0 Å². The standard InChI is InChI=1S/C24H31F2N9O2/c1-32(2)7-4-8-33(3)24(37)15-5-9-34(10-6-15)20-17(26)12-28-13-18(20)30-23(36)19-21(27)31-35-14-16(25)11-29-22(19)35/h11-15H,4-10H2,1-3H3,(H2,27,31)(H,30,36). The Morgan fingerprint density at radius 1 is 1.14 bits per heavy atom. The van der Waals surface area contributed by atoms with Crippen molar-refractivity contribution in [2.75, 3.05) is 63.3 Å². The van der Waals surface area contributed by atoms with Gasteiger partial charge in [-0.1, -0.05) is 0 Å². The van der Waals surface area contributed by atoms with Gasteiger partial charge in [-0.25, -0.2) is 18.3 Å². The third-order valence-corrected chi connectivity index (χ3v) is 6.45. The summed E-state index contributed by atoms with van der Waals surface area (Å²) in [7, 11) is 5.81. The Balaban J connectivity index is 1.46. The Morgan fingerprint density at radius 3 is 2.57 bits per heavy atom. The summed E-state index contributed by atoms with van der Waals surface area (Å²) in [4.78, 5) is 39.4. The predicted octanol–water partition coefficient (Wildman–Crippen LogP) is 1.86. The Hall–Kier alpha value is -3.87. The van der Waals surface area contributed by atoms with Crippen molar-refractivity contribution in [1.82, 2.24) is 29.4 Å². The molecule has 4 rings (SSSR count). The van der Waals surface area contributed by atoms with Gasteiger partial charge >= 0.3 is 0 Å². The molecule has 0 bridgehead atoms. The van der Waals surface area contributed by atoms with E-state index in [0.29, 0.717) is 32.5 Å². The van der Waals surface area contributed by atoms with Crippen LogP contribution >= 0.6 is 0 Å². The highest BCUT2D eigenvalue weighted by Gasteiger charge is 2.30. The van der Waals surface area contributed by atoms with Gasteiger partial charge in [0.2, 0.25) is 5.91 Å². The zero-order valence-electron chi connectivity index (χ0n) is 21.1. The average molecular weight is 516 g/mol. The van der Waals surface area contributed by atoms with Crippen LogP contribution in [0, 0.1) is 17.6 Å². The number of pyridine rings is 1. The lowest BCUT2D eigenvalue weighted by molar-refractivity contribution is -0.134. The minimum Gasteiger partial charge on any atom is -0.381 e. The second kappa shape index (κ2) is 11.0. The second-order valence-corrected chi connectivity index (χ2v) is 9.45. The smallest absolute Gasteiger partial charge is 0.263 e. The maximum Gasteiger partial charge on any atom is 0.263 e. The summed E-state index contributed by atoms with van der Waals surface area (Å²) in [5, 5.41) is 6.58. The molecule has 2 amide bonds. The number of fused-ring (bicyclic) bond motifs is 1. The van der Waals surface area contributed by atoms with E-state index >= 15 is 0 Å². The lowest BCUT2D eigenvalue weighted by Gasteiger charge is -2.35. The van der Waals surface area contributed by atoms with Crippen LogP contribution in [0.15, 0.2) is 24.8 Å². The van der Waals surface area contributed by atoms with Gasteiger partial charge in [0.15, 0.2) is 23.1 Å². The number of amides is 2. The summed E-state index contributed by atoms with van der Waals surface area (Å²) in [5.41, 5.74) is 6.23. The number of halogens is 2. The molecule has 1 fully saturated rings. The molecule has 37 heavy (non-hydrogen) atoms. The fourth-order valence-corrected chi connectivity index (χ4v) is 4.57. The van der Waals surface area contributed by atoms with Gasteiger partial charge in [0, 0.05) is 32.6 Å². The van der Waals surface area contributed by atoms with E-state index in [0.717, 1.165) is 36.1 Å². The number of hydrogen-bond donors (Lipinski definition) is 2. The molecule has 3 aromatic heterocycles. The molecule has 0 aliphatic carbocycles. The topological polar surface area (TPSA) is 125 Å².